The van der Waals surface area contributed by atoms with Crippen molar-refractivity contribution >= 4 is 35.4 Å². The molecule has 4 rings (SSSR count). The van der Waals surface area contributed by atoms with Crippen molar-refractivity contribution in [2.24, 2.45) is 4.99 Å². The number of guanidine groups is 1. The topological polar surface area (TPSA) is 131 Å². The second kappa shape index (κ2) is 16.8. The third kappa shape index (κ3) is 12.5. The van der Waals surface area contributed by atoms with Crippen LogP contribution in [0.2, 0.25) is 5.02 Å². The first-order valence-electron chi connectivity index (χ1n) is 16.6. The van der Waals surface area contributed by atoms with Gasteiger partial charge in [-0.1, -0.05) is 35.9 Å². The SMILES string of the molecule is CC(C)(C)OC(=O)NC(=NCCc1ccc(OCCC2Oc3ccc(C(F)(F)F)cc3N(Cc3cccc(Cl)c3)C2O)cc1)NC(=O)OC(C)(C)C. The smallest absolute Gasteiger partial charge is 0.416 e. The van der Waals surface area contributed by atoms with Gasteiger partial charge in [0.1, 0.15) is 28.8 Å². The van der Waals surface area contributed by atoms with Gasteiger partial charge in [-0.25, -0.2) is 9.59 Å². The number of rotatable bonds is 9. The van der Waals surface area contributed by atoms with Gasteiger partial charge in [0.2, 0.25) is 5.96 Å². The molecule has 3 N–H and O–H groups in total. The van der Waals surface area contributed by atoms with Crippen LogP contribution in [0.25, 0.3) is 0 Å². The van der Waals surface area contributed by atoms with E-state index in [0.717, 1.165) is 17.7 Å². The highest BCUT2D eigenvalue weighted by molar-refractivity contribution is 6.30. The summed E-state index contributed by atoms with van der Waals surface area (Å²) in [6.45, 7) is 10.7. The highest BCUT2D eigenvalue weighted by Gasteiger charge is 2.38. The number of aliphatic imine (C=N–C) groups is 1. The third-order valence-corrected chi connectivity index (χ3v) is 7.51. The molecular formula is C37H44ClF3N4O7. The Morgan fingerprint density at radius 2 is 1.54 bits per heavy atom. The minimum atomic E-state index is -4.57. The van der Waals surface area contributed by atoms with Crippen LogP contribution in [-0.4, -0.2) is 59.9 Å². The van der Waals surface area contributed by atoms with Crippen LogP contribution in [-0.2, 0) is 28.6 Å². The number of aliphatic hydroxyl groups excluding tert-OH is 1. The van der Waals surface area contributed by atoms with Crippen LogP contribution in [0, 0.1) is 0 Å². The summed E-state index contributed by atoms with van der Waals surface area (Å²) in [6.07, 6.45) is -7.56. The van der Waals surface area contributed by atoms with E-state index in [1.165, 1.54) is 11.0 Å². The molecule has 0 radical (unpaired) electrons. The number of anilines is 1. The summed E-state index contributed by atoms with van der Waals surface area (Å²) in [5.41, 5.74) is -0.670. The number of alkyl halides is 3. The van der Waals surface area contributed by atoms with Crippen LogP contribution >= 0.6 is 11.6 Å². The van der Waals surface area contributed by atoms with Gasteiger partial charge >= 0.3 is 18.4 Å². The summed E-state index contributed by atoms with van der Waals surface area (Å²) in [5.74, 6) is 0.635. The molecule has 1 heterocycles. The average molecular weight is 749 g/mol. The number of aliphatic hydroxyl groups is 1. The Morgan fingerprint density at radius 3 is 2.12 bits per heavy atom. The predicted octanol–water partition coefficient (Wildman–Crippen LogP) is 7.86. The monoisotopic (exact) mass is 748 g/mol. The molecule has 0 aromatic heterocycles. The number of hydrogen-bond acceptors (Lipinski definition) is 9. The lowest BCUT2D eigenvalue weighted by molar-refractivity contribution is -0.137. The van der Waals surface area contributed by atoms with E-state index >= 15 is 0 Å². The largest absolute Gasteiger partial charge is 0.493 e. The van der Waals surface area contributed by atoms with Gasteiger partial charge < -0.3 is 29.0 Å². The van der Waals surface area contributed by atoms with E-state index in [9.17, 15) is 27.9 Å². The zero-order valence-electron chi connectivity index (χ0n) is 29.8. The van der Waals surface area contributed by atoms with E-state index in [1.807, 2.05) is 12.1 Å². The Kier molecular flexibility index (Phi) is 12.9. The fourth-order valence-corrected chi connectivity index (χ4v) is 5.27. The molecule has 0 spiro atoms. The highest BCUT2D eigenvalue weighted by Crippen LogP contribution is 2.42. The van der Waals surface area contributed by atoms with E-state index in [2.05, 4.69) is 15.6 Å². The summed E-state index contributed by atoms with van der Waals surface area (Å²) in [4.78, 5) is 30.4. The zero-order valence-corrected chi connectivity index (χ0v) is 30.6. The molecule has 0 bridgehead atoms. The molecule has 11 nitrogen and oxygen atoms in total. The van der Waals surface area contributed by atoms with Crippen LogP contribution in [0.5, 0.6) is 11.5 Å². The summed E-state index contributed by atoms with van der Waals surface area (Å²) >= 11 is 6.14. The van der Waals surface area contributed by atoms with E-state index in [-0.39, 0.29) is 43.5 Å². The maximum atomic E-state index is 13.6. The standard InChI is InChI=1S/C37H44ClF3N4O7/c1-35(2,3)51-33(47)43-32(44-34(48)52-36(4,5)6)42-18-16-23-10-13-27(14-11-23)49-19-17-30-31(46)45(22-24-8-7-9-26(38)20-24)28-21-25(37(39,40)41)12-15-29(28)50-30/h7-15,20-21,30-31,46H,16-19,22H2,1-6H3,(H2,42,43,44,47,48). The molecule has 1 aliphatic rings. The quantitative estimate of drug-likeness (QED) is 0.149. The van der Waals surface area contributed by atoms with Crippen molar-refractivity contribution in [3.63, 3.8) is 0 Å². The second-order valence-electron chi connectivity index (χ2n) is 14.0. The van der Waals surface area contributed by atoms with Gasteiger partial charge in [-0.2, -0.15) is 13.2 Å². The molecule has 3 aromatic carbocycles. The molecule has 0 aliphatic carbocycles. The number of halogens is 4. The van der Waals surface area contributed by atoms with Crippen molar-refractivity contribution in [1.82, 2.24) is 10.6 Å². The Balaban J connectivity index is 1.36. The van der Waals surface area contributed by atoms with Gasteiger partial charge in [0.25, 0.3) is 0 Å². The Morgan fingerprint density at radius 1 is 0.904 bits per heavy atom. The van der Waals surface area contributed by atoms with Crippen molar-refractivity contribution in [3.05, 3.63) is 88.4 Å². The number of amides is 2. The molecule has 0 saturated carbocycles. The summed E-state index contributed by atoms with van der Waals surface area (Å²) in [7, 11) is 0. The maximum Gasteiger partial charge on any atom is 0.416 e. The molecule has 2 unspecified atom stereocenters. The normalized spacial score (nSPS) is 15.9. The first-order chi connectivity index (χ1) is 24.3. The van der Waals surface area contributed by atoms with Gasteiger partial charge in [0.05, 0.1) is 17.9 Å². The first-order valence-corrected chi connectivity index (χ1v) is 17.0. The van der Waals surface area contributed by atoms with Gasteiger partial charge in [-0.05, 0) is 102 Å². The van der Waals surface area contributed by atoms with Gasteiger partial charge in [0.15, 0.2) is 6.23 Å². The van der Waals surface area contributed by atoms with Gasteiger partial charge in [0, 0.05) is 24.5 Å². The molecule has 52 heavy (non-hydrogen) atoms. The van der Waals surface area contributed by atoms with E-state index < -0.39 is 47.5 Å². The molecule has 0 fully saturated rings. The molecule has 2 amide bonds. The maximum absolute atomic E-state index is 13.6. The van der Waals surface area contributed by atoms with Crippen LogP contribution < -0.4 is 25.0 Å². The number of carbonyl (C=O) groups is 2. The fraction of sp³-hybridized carbons (Fsp3) is 0.432. The van der Waals surface area contributed by atoms with Gasteiger partial charge in [-0.3, -0.25) is 15.6 Å². The Bertz CT molecular complexity index is 1690. The van der Waals surface area contributed by atoms with Crippen molar-refractivity contribution in [2.75, 3.05) is 18.1 Å². The lowest BCUT2D eigenvalue weighted by Crippen LogP contribution is -2.50. The number of ether oxygens (including phenoxy) is 4. The number of benzene rings is 3. The first kappa shape index (κ1) is 40.1. The lowest BCUT2D eigenvalue weighted by atomic mass is 10.1. The van der Waals surface area contributed by atoms with E-state index in [0.29, 0.717) is 22.8 Å². The Labute approximate surface area is 306 Å². The van der Waals surface area contributed by atoms with Crippen LogP contribution in [0.4, 0.5) is 28.4 Å². The van der Waals surface area contributed by atoms with E-state index in [4.69, 9.17) is 30.5 Å². The number of nitrogens with zero attached hydrogens (tertiary/aromatic N) is 2. The molecule has 282 valence electrons. The summed E-state index contributed by atoms with van der Waals surface area (Å²) in [5, 5.41) is 16.7. The summed E-state index contributed by atoms with van der Waals surface area (Å²) < 4.78 is 63.1. The van der Waals surface area contributed by atoms with Crippen molar-refractivity contribution in [1.29, 1.82) is 0 Å². The number of fused-ring (bicyclic) bond motifs is 1. The number of nitrogens with one attached hydrogen (secondary N) is 2. The molecule has 1 aliphatic heterocycles. The average Bonchev–Trinajstić information content (AvgIpc) is 3.01. The predicted molar refractivity (Wildman–Crippen MR) is 191 cm³/mol. The minimum absolute atomic E-state index is 0.0951. The lowest BCUT2D eigenvalue weighted by Gasteiger charge is -2.41. The molecule has 2 atom stereocenters. The van der Waals surface area contributed by atoms with Crippen molar-refractivity contribution in [3.8, 4) is 11.5 Å². The second-order valence-corrected chi connectivity index (χ2v) is 14.5. The van der Waals surface area contributed by atoms with E-state index in [1.54, 1.807) is 77.9 Å². The van der Waals surface area contributed by atoms with Crippen LogP contribution in [0.1, 0.15) is 64.7 Å². The number of hydrogen-bond donors (Lipinski definition) is 3. The summed E-state index contributed by atoms with van der Waals surface area (Å²) in [6, 6.07) is 17.2. The minimum Gasteiger partial charge on any atom is -0.493 e. The Hall–Kier alpha value is -4.69. The third-order valence-electron chi connectivity index (χ3n) is 7.27. The fourth-order valence-electron chi connectivity index (χ4n) is 5.06. The molecule has 3 aromatic rings. The number of alkyl carbamates (subject to hydrolysis) is 2. The van der Waals surface area contributed by atoms with Gasteiger partial charge in [-0.15, -0.1) is 0 Å². The van der Waals surface area contributed by atoms with Crippen LogP contribution in [0.3, 0.4) is 0 Å². The zero-order chi connectivity index (χ0) is 38.3. The van der Waals surface area contributed by atoms with Crippen LogP contribution in [0.15, 0.2) is 71.7 Å². The highest BCUT2D eigenvalue weighted by atomic mass is 35.5. The van der Waals surface area contributed by atoms with Crippen molar-refractivity contribution < 1.29 is 46.8 Å². The molecular weight excluding hydrogens is 705 g/mol. The number of carbonyl (C=O) groups excluding carboxylic acids is 2. The van der Waals surface area contributed by atoms with Crippen molar-refractivity contribution in [2.45, 2.75) is 90.6 Å². The molecule has 15 heteroatoms. The molecule has 0 saturated heterocycles.